The number of carbonyl (C=O) groups is 1. The zero-order valence-electron chi connectivity index (χ0n) is 19.8. The van der Waals surface area contributed by atoms with Gasteiger partial charge in [-0.2, -0.15) is 0 Å². The Hall–Kier alpha value is -3.46. The van der Waals surface area contributed by atoms with Crippen molar-refractivity contribution in [2.24, 2.45) is 0 Å². The van der Waals surface area contributed by atoms with Crippen LogP contribution in [-0.2, 0) is 0 Å². The highest BCUT2D eigenvalue weighted by Crippen LogP contribution is 2.38. The monoisotopic (exact) mass is 482 g/mol. The predicted molar refractivity (Wildman–Crippen MR) is 132 cm³/mol. The lowest BCUT2D eigenvalue weighted by Gasteiger charge is -2.35. The summed E-state index contributed by atoms with van der Waals surface area (Å²) >= 11 is 0. The zero-order chi connectivity index (χ0) is 24.7. The van der Waals surface area contributed by atoms with E-state index in [-0.39, 0.29) is 28.4 Å². The van der Waals surface area contributed by atoms with Crippen molar-refractivity contribution in [2.75, 3.05) is 50.1 Å². The van der Waals surface area contributed by atoms with Crippen molar-refractivity contribution in [3.05, 3.63) is 63.9 Å². The Morgan fingerprint density at radius 2 is 1.83 bits per heavy atom. The van der Waals surface area contributed by atoms with Gasteiger partial charge in [-0.05, 0) is 43.7 Å². The van der Waals surface area contributed by atoms with Gasteiger partial charge in [0.25, 0.3) is 5.91 Å². The summed E-state index contributed by atoms with van der Waals surface area (Å²) in [6.07, 6.45) is 3.39. The average Bonchev–Trinajstić information content (AvgIpc) is 3.70. The number of amides is 1. The molecule has 2 aliphatic rings. The molecule has 0 bridgehead atoms. The molecule has 1 amide bonds. The van der Waals surface area contributed by atoms with Crippen LogP contribution in [0.1, 0.15) is 36.2 Å². The first-order valence-corrected chi connectivity index (χ1v) is 11.9. The van der Waals surface area contributed by atoms with E-state index in [1.165, 1.54) is 25.3 Å². The van der Waals surface area contributed by atoms with Crippen molar-refractivity contribution < 1.29 is 18.3 Å². The summed E-state index contributed by atoms with van der Waals surface area (Å²) in [6.45, 7) is 6.21. The fourth-order valence-corrected chi connectivity index (χ4v) is 4.67. The zero-order valence-corrected chi connectivity index (χ0v) is 19.8. The highest BCUT2D eigenvalue weighted by Gasteiger charge is 2.28. The van der Waals surface area contributed by atoms with Crippen LogP contribution in [0, 0.1) is 11.6 Å². The van der Waals surface area contributed by atoms with E-state index in [2.05, 4.69) is 17.1 Å². The first-order valence-electron chi connectivity index (χ1n) is 11.9. The Bertz CT molecular complexity index is 1340. The standard InChI is InChI=1S/C26H28F2N4O3/c1-3-30-8-10-31(11-9-30)23-14-22-18(13-20(23)27)25(33)19(15-32(22)17-5-6-17)26(34)29-16-4-7-24(35-2)21(28)12-16/h4,7,12-15,17H,3,5-6,8-11H2,1-2H3,(H,29,34). The highest BCUT2D eigenvalue weighted by molar-refractivity contribution is 6.06. The van der Waals surface area contributed by atoms with E-state index in [1.807, 2.05) is 9.47 Å². The minimum absolute atomic E-state index is 0.0483. The molecule has 1 saturated heterocycles. The number of nitrogens with zero attached hydrogens (tertiary/aromatic N) is 3. The molecule has 0 atom stereocenters. The normalized spacial score (nSPS) is 16.5. The molecule has 2 heterocycles. The van der Waals surface area contributed by atoms with Gasteiger partial charge in [0.1, 0.15) is 11.4 Å². The van der Waals surface area contributed by atoms with Crippen molar-refractivity contribution in [3.8, 4) is 5.75 Å². The number of hydrogen-bond donors (Lipinski definition) is 1. The van der Waals surface area contributed by atoms with Gasteiger partial charge in [0.15, 0.2) is 11.6 Å². The molecular formula is C26H28F2N4O3. The molecular weight excluding hydrogens is 454 g/mol. The topological polar surface area (TPSA) is 66.8 Å². The number of likely N-dealkylation sites (N-methyl/N-ethyl adjacent to an activating group) is 1. The van der Waals surface area contributed by atoms with Crippen molar-refractivity contribution in [2.45, 2.75) is 25.8 Å². The van der Waals surface area contributed by atoms with Crippen molar-refractivity contribution >= 4 is 28.2 Å². The lowest BCUT2D eigenvalue weighted by Crippen LogP contribution is -2.46. The molecule has 1 aromatic heterocycles. The van der Waals surface area contributed by atoms with E-state index in [4.69, 9.17) is 4.74 Å². The summed E-state index contributed by atoms with van der Waals surface area (Å²) in [5.74, 6) is -1.73. The predicted octanol–water partition coefficient (Wildman–Crippen LogP) is 4.02. The highest BCUT2D eigenvalue weighted by atomic mass is 19.1. The van der Waals surface area contributed by atoms with Gasteiger partial charge in [0.05, 0.1) is 18.3 Å². The number of hydrogen-bond acceptors (Lipinski definition) is 5. The summed E-state index contributed by atoms with van der Waals surface area (Å²) in [5.41, 5.74) is 0.638. The maximum absolute atomic E-state index is 15.2. The van der Waals surface area contributed by atoms with Crippen LogP contribution >= 0.6 is 0 Å². The van der Waals surface area contributed by atoms with Gasteiger partial charge in [0, 0.05) is 55.6 Å². The Balaban J connectivity index is 1.52. The minimum Gasteiger partial charge on any atom is -0.494 e. The lowest BCUT2D eigenvalue weighted by molar-refractivity contribution is 0.102. The van der Waals surface area contributed by atoms with Crippen LogP contribution < -0.4 is 20.4 Å². The second kappa shape index (κ2) is 9.30. The first kappa shape index (κ1) is 23.3. The van der Waals surface area contributed by atoms with Gasteiger partial charge in [0.2, 0.25) is 5.43 Å². The average molecular weight is 483 g/mol. The van der Waals surface area contributed by atoms with Gasteiger partial charge in [-0.1, -0.05) is 6.92 Å². The van der Waals surface area contributed by atoms with Gasteiger partial charge < -0.3 is 24.4 Å². The Morgan fingerprint density at radius 1 is 1.09 bits per heavy atom. The minimum atomic E-state index is -0.670. The van der Waals surface area contributed by atoms with Gasteiger partial charge in [-0.3, -0.25) is 9.59 Å². The number of carbonyl (C=O) groups excluding carboxylic acids is 1. The molecule has 0 radical (unpaired) electrons. The fourth-order valence-electron chi connectivity index (χ4n) is 4.67. The first-order chi connectivity index (χ1) is 16.9. The molecule has 2 fully saturated rings. The van der Waals surface area contributed by atoms with Crippen LogP contribution in [0.4, 0.5) is 20.2 Å². The van der Waals surface area contributed by atoms with Crippen LogP contribution in [0.25, 0.3) is 10.9 Å². The number of aromatic nitrogens is 1. The molecule has 0 spiro atoms. The summed E-state index contributed by atoms with van der Waals surface area (Å²) in [5, 5.41) is 2.74. The molecule has 7 nitrogen and oxygen atoms in total. The van der Waals surface area contributed by atoms with Crippen LogP contribution in [0.2, 0.25) is 0 Å². The number of pyridine rings is 1. The molecule has 184 valence electrons. The number of fused-ring (bicyclic) bond motifs is 1. The lowest BCUT2D eigenvalue weighted by atomic mass is 10.1. The summed E-state index contributed by atoms with van der Waals surface area (Å²) in [4.78, 5) is 30.6. The molecule has 1 N–H and O–H groups in total. The van der Waals surface area contributed by atoms with Gasteiger partial charge >= 0.3 is 0 Å². The number of benzene rings is 2. The molecule has 3 aromatic rings. The maximum Gasteiger partial charge on any atom is 0.261 e. The van der Waals surface area contributed by atoms with E-state index >= 15 is 4.39 Å². The van der Waals surface area contributed by atoms with Gasteiger partial charge in [-0.15, -0.1) is 0 Å². The van der Waals surface area contributed by atoms with Crippen LogP contribution in [-0.4, -0.2) is 55.2 Å². The Labute approximate surface area is 201 Å². The maximum atomic E-state index is 15.2. The molecule has 1 saturated carbocycles. The van der Waals surface area contributed by atoms with Crippen LogP contribution in [0.15, 0.2) is 41.3 Å². The summed E-state index contributed by atoms with van der Waals surface area (Å²) in [6, 6.07) is 7.16. The third-order valence-electron chi connectivity index (χ3n) is 6.86. The number of methoxy groups -OCH3 is 1. The van der Waals surface area contributed by atoms with E-state index in [0.29, 0.717) is 24.3 Å². The molecule has 2 aromatic carbocycles. The Kier molecular flexibility index (Phi) is 6.19. The van der Waals surface area contributed by atoms with E-state index in [1.54, 1.807) is 12.3 Å². The third-order valence-corrected chi connectivity index (χ3v) is 6.86. The molecule has 1 aliphatic heterocycles. The molecule has 0 unspecified atom stereocenters. The SMILES string of the molecule is CCN1CCN(c2cc3c(cc2F)c(=O)c(C(=O)Nc2ccc(OC)c(F)c2)cn3C2CC2)CC1. The molecule has 1 aliphatic carbocycles. The quantitative estimate of drug-likeness (QED) is 0.575. The molecule has 9 heteroatoms. The molecule has 35 heavy (non-hydrogen) atoms. The Morgan fingerprint density at radius 3 is 2.46 bits per heavy atom. The van der Waals surface area contributed by atoms with E-state index < -0.39 is 23.0 Å². The number of ether oxygens (including phenoxy) is 1. The number of halogens is 2. The van der Waals surface area contributed by atoms with Gasteiger partial charge in [-0.25, -0.2) is 8.78 Å². The second-order valence-electron chi connectivity index (χ2n) is 9.06. The number of rotatable bonds is 6. The van der Waals surface area contributed by atoms with Crippen LogP contribution in [0.3, 0.4) is 0 Å². The third kappa shape index (κ3) is 4.48. The number of piperazine rings is 1. The van der Waals surface area contributed by atoms with Crippen LogP contribution in [0.5, 0.6) is 5.75 Å². The number of nitrogens with one attached hydrogen (secondary N) is 1. The second-order valence-corrected chi connectivity index (χ2v) is 9.06. The summed E-state index contributed by atoms with van der Waals surface area (Å²) in [7, 11) is 1.35. The van der Waals surface area contributed by atoms with E-state index in [0.717, 1.165) is 38.5 Å². The van der Waals surface area contributed by atoms with Crippen molar-refractivity contribution in [1.29, 1.82) is 0 Å². The van der Waals surface area contributed by atoms with Crippen molar-refractivity contribution in [3.63, 3.8) is 0 Å². The largest absolute Gasteiger partial charge is 0.494 e. The number of anilines is 2. The smallest absolute Gasteiger partial charge is 0.261 e. The van der Waals surface area contributed by atoms with Crippen molar-refractivity contribution in [1.82, 2.24) is 9.47 Å². The van der Waals surface area contributed by atoms with E-state index in [9.17, 15) is 14.0 Å². The molecule has 5 rings (SSSR count). The fraction of sp³-hybridized carbons (Fsp3) is 0.385. The summed E-state index contributed by atoms with van der Waals surface area (Å²) < 4.78 is 36.1.